The lowest BCUT2D eigenvalue weighted by Gasteiger charge is -2.20. The van der Waals surface area contributed by atoms with Crippen molar-refractivity contribution in [3.8, 4) is 0 Å². The van der Waals surface area contributed by atoms with E-state index in [4.69, 9.17) is 21.8 Å². The number of anilines is 1. The van der Waals surface area contributed by atoms with Gasteiger partial charge in [-0.2, -0.15) is 0 Å². The number of rotatable bonds is 5. The molecule has 0 fully saturated rings. The molecule has 0 aliphatic heterocycles. The number of hydrogen-bond donors (Lipinski definition) is 3. The summed E-state index contributed by atoms with van der Waals surface area (Å²) in [6, 6.07) is 3.07. The van der Waals surface area contributed by atoms with Gasteiger partial charge in [-0.1, -0.05) is 18.5 Å². The van der Waals surface area contributed by atoms with Crippen molar-refractivity contribution in [3.63, 3.8) is 0 Å². The van der Waals surface area contributed by atoms with Crippen LogP contribution in [-0.4, -0.2) is 33.8 Å². The van der Waals surface area contributed by atoms with E-state index in [-0.39, 0.29) is 29.3 Å². The molecule has 0 saturated heterocycles. The molecule has 0 aromatic carbocycles. The van der Waals surface area contributed by atoms with Crippen LogP contribution in [0.1, 0.15) is 24.3 Å². The van der Waals surface area contributed by atoms with Crippen LogP contribution in [0.3, 0.4) is 0 Å². The zero-order valence-corrected chi connectivity index (χ0v) is 10.4. The van der Waals surface area contributed by atoms with E-state index in [1.807, 2.05) is 13.8 Å². The molecule has 0 spiro atoms. The third-order valence-corrected chi connectivity index (χ3v) is 2.87. The summed E-state index contributed by atoms with van der Waals surface area (Å²) in [7, 11) is 0. The Hall–Kier alpha value is -1.33. The second-order valence-electron chi connectivity index (χ2n) is 3.92. The zero-order chi connectivity index (χ0) is 13.0. The molecule has 0 bridgehead atoms. The van der Waals surface area contributed by atoms with Crippen LogP contribution in [0.15, 0.2) is 12.1 Å². The Labute approximate surface area is 104 Å². The van der Waals surface area contributed by atoms with Crippen molar-refractivity contribution in [1.29, 1.82) is 0 Å². The molecule has 1 aromatic heterocycles. The van der Waals surface area contributed by atoms with Gasteiger partial charge in [0.1, 0.15) is 5.82 Å². The highest BCUT2D eigenvalue weighted by Gasteiger charge is 2.14. The number of aromatic nitrogens is 1. The number of nitrogens with zero attached hydrogens (tertiary/aromatic N) is 1. The average Bonchev–Trinajstić information content (AvgIpc) is 2.30. The summed E-state index contributed by atoms with van der Waals surface area (Å²) in [6.07, 6.45) is 0. The molecule has 1 aromatic rings. The first-order valence-corrected chi connectivity index (χ1v) is 5.60. The minimum absolute atomic E-state index is 0.0182. The molecular formula is C11H15ClN2O3. The van der Waals surface area contributed by atoms with E-state index in [9.17, 15) is 4.79 Å². The van der Waals surface area contributed by atoms with Gasteiger partial charge in [0.2, 0.25) is 0 Å². The maximum absolute atomic E-state index is 10.8. The summed E-state index contributed by atoms with van der Waals surface area (Å²) < 4.78 is 0. The monoisotopic (exact) mass is 258 g/mol. The highest BCUT2D eigenvalue weighted by Crippen LogP contribution is 2.18. The van der Waals surface area contributed by atoms with Crippen LogP contribution in [0.2, 0.25) is 5.02 Å². The Bertz CT molecular complexity index is 412. The summed E-state index contributed by atoms with van der Waals surface area (Å²) in [4.78, 5) is 14.7. The van der Waals surface area contributed by atoms with Gasteiger partial charge >= 0.3 is 5.97 Å². The van der Waals surface area contributed by atoms with Crippen LogP contribution in [0.25, 0.3) is 0 Å². The first-order valence-electron chi connectivity index (χ1n) is 5.23. The minimum Gasteiger partial charge on any atom is -0.476 e. The van der Waals surface area contributed by atoms with Gasteiger partial charge in [0.25, 0.3) is 0 Å². The van der Waals surface area contributed by atoms with Crippen molar-refractivity contribution in [2.24, 2.45) is 5.92 Å². The number of halogens is 1. The van der Waals surface area contributed by atoms with Crippen LogP contribution in [-0.2, 0) is 0 Å². The molecular weight excluding hydrogens is 244 g/mol. The molecule has 1 heterocycles. The Morgan fingerprint density at radius 1 is 1.53 bits per heavy atom. The topological polar surface area (TPSA) is 82.5 Å². The quantitative estimate of drug-likeness (QED) is 0.751. The smallest absolute Gasteiger partial charge is 0.356 e. The average molecular weight is 259 g/mol. The number of pyridine rings is 1. The van der Waals surface area contributed by atoms with Crippen LogP contribution in [0.4, 0.5) is 5.82 Å². The van der Waals surface area contributed by atoms with Gasteiger partial charge in [-0.05, 0) is 25.0 Å². The van der Waals surface area contributed by atoms with Gasteiger partial charge in [0.05, 0.1) is 5.02 Å². The van der Waals surface area contributed by atoms with E-state index in [2.05, 4.69) is 10.3 Å². The normalized spacial score (nSPS) is 14.1. The van der Waals surface area contributed by atoms with E-state index in [0.717, 1.165) is 0 Å². The van der Waals surface area contributed by atoms with E-state index in [1.165, 1.54) is 6.07 Å². The summed E-state index contributed by atoms with van der Waals surface area (Å²) in [5.41, 5.74) is -0.180. The predicted octanol–water partition coefficient (Wildman–Crippen LogP) is 1.86. The molecule has 94 valence electrons. The van der Waals surface area contributed by atoms with Crippen molar-refractivity contribution in [1.82, 2.24) is 4.98 Å². The number of nitrogens with one attached hydrogen (secondary N) is 1. The van der Waals surface area contributed by atoms with E-state index in [0.29, 0.717) is 5.82 Å². The van der Waals surface area contributed by atoms with E-state index >= 15 is 0 Å². The van der Waals surface area contributed by atoms with Gasteiger partial charge in [0, 0.05) is 12.6 Å². The van der Waals surface area contributed by atoms with Crippen molar-refractivity contribution in [2.75, 3.05) is 11.9 Å². The summed E-state index contributed by atoms with van der Waals surface area (Å²) in [6.45, 7) is 3.82. The Morgan fingerprint density at radius 2 is 2.18 bits per heavy atom. The molecule has 0 aliphatic carbocycles. The highest BCUT2D eigenvalue weighted by molar-refractivity contribution is 6.33. The number of carboxylic acids is 1. The fourth-order valence-electron chi connectivity index (χ4n) is 1.21. The first kappa shape index (κ1) is 13.7. The minimum atomic E-state index is -1.17. The fraction of sp³-hybridized carbons (Fsp3) is 0.455. The zero-order valence-electron chi connectivity index (χ0n) is 9.64. The molecule has 0 aliphatic rings. The number of aliphatic hydroxyl groups excluding tert-OH is 1. The summed E-state index contributed by atoms with van der Waals surface area (Å²) in [5.74, 6) is -0.693. The SMILES string of the molecule is CC(CO)C(C)Nc1ccc(Cl)c(C(=O)O)n1. The first-order chi connectivity index (χ1) is 7.95. The standard InChI is InChI=1S/C11H15ClN2O3/c1-6(5-15)7(2)13-9-4-3-8(12)10(14-9)11(16)17/h3-4,6-7,15H,5H2,1-2H3,(H,13,14)(H,16,17). The van der Waals surface area contributed by atoms with Gasteiger partial charge < -0.3 is 15.5 Å². The lowest BCUT2D eigenvalue weighted by Crippen LogP contribution is -2.26. The molecule has 6 heteroatoms. The van der Waals surface area contributed by atoms with Crippen LogP contribution < -0.4 is 5.32 Å². The Morgan fingerprint density at radius 3 is 2.71 bits per heavy atom. The number of hydrogen-bond acceptors (Lipinski definition) is 4. The number of aliphatic hydroxyl groups is 1. The lowest BCUT2D eigenvalue weighted by molar-refractivity contribution is 0.0691. The number of aromatic carboxylic acids is 1. The van der Waals surface area contributed by atoms with Crippen molar-refractivity contribution < 1.29 is 15.0 Å². The van der Waals surface area contributed by atoms with Gasteiger partial charge in [-0.25, -0.2) is 9.78 Å². The molecule has 0 amide bonds. The van der Waals surface area contributed by atoms with Gasteiger partial charge in [-0.3, -0.25) is 0 Å². The van der Waals surface area contributed by atoms with E-state index < -0.39 is 5.97 Å². The van der Waals surface area contributed by atoms with Crippen molar-refractivity contribution in [3.05, 3.63) is 22.8 Å². The van der Waals surface area contributed by atoms with E-state index in [1.54, 1.807) is 6.07 Å². The lowest BCUT2D eigenvalue weighted by atomic mass is 10.1. The fourth-order valence-corrected chi connectivity index (χ4v) is 1.39. The Kier molecular flexibility index (Phi) is 4.72. The Balaban J connectivity index is 2.86. The maximum Gasteiger partial charge on any atom is 0.356 e. The van der Waals surface area contributed by atoms with Gasteiger partial charge in [-0.15, -0.1) is 0 Å². The molecule has 2 atom stereocenters. The third-order valence-electron chi connectivity index (χ3n) is 2.57. The van der Waals surface area contributed by atoms with Crippen LogP contribution >= 0.6 is 11.6 Å². The molecule has 1 rings (SSSR count). The molecule has 0 saturated carbocycles. The van der Waals surface area contributed by atoms with Crippen LogP contribution in [0.5, 0.6) is 0 Å². The largest absolute Gasteiger partial charge is 0.476 e. The summed E-state index contributed by atoms with van der Waals surface area (Å²) >= 11 is 5.71. The number of carboxylic acid groups (broad SMARTS) is 1. The van der Waals surface area contributed by atoms with Crippen LogP contribution in [0, 0.1) is 5.92 Å². The second-order valence-corrected chi connectivity index (χ2v) is 4.33. The second kappa shape index (κ2) is 5.84. The summed E-state index contributed by atoms with van der Waals surface area (Å²) in [5, 5.41) is 21.0. The number of carbonyl (C=O) groups is 1. The van der Waals surface area contributed by atoms with Crippen molar-refractivity contribution >= 4 is 23.4 Å². The molecule has 2 unspecified atom stereocenters. The molecule has 0 radical (unpaired) electrons. The third kappa shape index (κ3) is 3.57. The van der Waals surface area contributed by atoms with Gasteiger partial charge in [0.15, 0.2) is 5.69 Å². The van der Waals surface area contributed by atoms with Crippen molar-refractivity contribution in [2.45, 2.75) is 19.9 Å². The maximum atomic E-state index is 10.8. The molecule has 3 N–H and O–H groups in total. The highest BCUT2D eigenvalue weighted by atomic mass is 35.5. The predicted molar refractivity (Wildman–Crippen MR) is 65.5 cm³/mol. The molecule has 5 nitrogen and oxygen atoms in total. The molecule has 17 heavy (non-hydrogen) atoms.